The summed E-state index contributed by atoms with van der Waals surface area (Å²) in [7, 11) is 0. The van der Waals surface area contributed by atoms with Crippen LogP contribution in [0.4, 0.5) is 0 Å². The minimum atomic E-state index is -1.67. The van der Waals surface area contributed by atoms with E-state index in [9.17, 15) is 20.1 Å². The van der Waals surface area contributed by atoms with Crippen molar-refractivity contribution in [2.45, 2.75) is 128 Å². The molecule has 0 aliphatic rings. The van der Waals surface area contributed by atoms with Gasteiger partial charge in [-0.15, -0.1) is 0 Å². The summed E-state index contributed by atoms with van der Waals surface area (Å²) < 4.78 is 5.03. The third-order valence-corrected chi connectivity index (χ3v) is 5.49. The predicted octanol–water partition coefficient (Wildman–Crippen LogP) is 2.84. The number of aliphatic hydroxyl groups excluding tert-OH is 5. The standard InChI is InChI=1S/C23H46O7/c1-2-3-4-5-6-7-8-9-10-11-12-13-14-15-16-21(28)30-23(20(27)18-25)22(29)19(26)17-24/h19-20,22-27,29H,2-18H2,1H3/t19-,20-,22-,23-/m0/s1. The fourth-order valence-corrected chi connectivity index (χ4v) is 3.48. The number of unbranched alkanes of at least 4 members (excludes halogenated alkanes) is 13. The number of rotatable bonds is 21. The van der Waals surface area contributed by atoms with E-state index in [2.05, 4.69) is 6.92 Å². The second kappa shape index (κ2) is 20.2. The first-order valence-corrected chi connectivity index (χ1v) is 11.9. The summed E-state index contributed by atoms with van der Waals surface area (Å²) in [5.74, 6) is -0.601. The maximum absolute atomic E-state index is 11.9. The van der Waals surface area contributed by atoms with Crippen LogP contribution >= 0.6 is 0 Å². The molecule has 0 saturated heterocycles. The lowest BCUT2D eigenvalue weighted by atomic mass is 10.0. The first-order chi connectivity index (χ1) is 14.5. The van der Waals surface area contributed by atoms with E-state index in [1.807, 2.05) is 0 Å². The predicted molar refractivity (Wildman–Crippen MR) is 117 cm³/mol. The lowest BCUT2D eigenvalue weighted by molar-refractivity contribution is -0.177. The molecule has 0 fully saturated rings. The Hall–Kier alpha value is -0.730. The van der Waals surface area contributed by atoms with Crippen molar-refractivity contribution in [2.24, 2.45) is 0 Å². The molecule has 0 amide bonds. The number of aliphatic hydroxyl groups is 5. The highest BCUT2D eigenvalue weighted by molar-refractivity contribution is 5.69. The van der Waals surface area contributed by atoms with Crippen LogP contribution in [0, 0.1) is 0 Å². The molecule has 7 nitrogen and oxygen atoms in total. The van der Waals surface area contributed by atoms with E-state index in [-0.39, 0.29) is 6.42 Å². The zero-order valence-corrected chi connectivity index (χ0v) is 18.9. The summed E-state index contributed by atoms with van der Waals surface area (Å²) in [6.07, 6.45) is 10.9. The van der Waals surface area contributed by atoms with E-state index in [1.54, 1.807) is 0 Å². The molecule has 0 unspecified atom stereocenters. The largest absolute Gasteiger partial charge is 0.457 e. The molecule has 4 atom stereocenters. The van der Waals surface area contributed by atoms with E-state index >= 15 is 0 Å². The van der Waals surface area contributed by atoms with Gasteiger partial charge in [0, 0.05) is 6.42 Å². The number of carbonyl (C=O) groups is 1. The van der Waals surface area contributed by atoms with Crippen LogP contribution in [0.3, 0.4) is 0 Å². The molecule has 0 bridgehead atoms. The lowest BCUT2D eigenvalue weighted by Gasteiger charge is -2.28. The molecule has 0 aromatic carbocycles. The van der Waals surface area contributed by atoms with E-state index in [1.165, 1.54) is 64.2 Å². The molecule has 180 valence electrons. The summed E-state index contributed by atoms with van der Waals surface area (Å²) in [5.41, 5.74) is 0. The van der Waals surface area contributed by atoms with Crippen molar-refractivity contribution in [1.29, 1.82) is 0 Å². The summed E-state index contributed by atoms with van der Waals surface area (Å²) in [4.78, 5) is 11.9. The topological polar surface area (TPSA) is 127 Å². The summed E-state index contributed by atoms with van der Waals surface area (Å²) >= 11 is 0. The molecule has 0 aliphatic carbocycles. The third-order valence-electron chi connectivity index (χ3n) is 5.49. The second-order valence-corrected chi connectivity index (χ2v) is 8.29. The summed E-state index contributed by atoms with van der Waals surface area (Å²) in [6.45, 7) is 0.766. The van der Waals surface area contributed by atoms with Crippen LogP contribution in [-0.4, -0.2) is 69.1 Å². The minimum Gasteiger partial charge on any atom is -0.457 e. The summed E-state index contributed by atoms with van der Waals surface area (Å²) in [5, 5.41) is 47.0. The molecule has 7 heteroatoms. The molecular weight excluding hydrogens is 388 g/mol. The van der Waals surface area contributed by atoms with Crippen molar-refractivity contribution in [3.8, 4) is 0 Å². The molecule has 0 spiro atoms. The summed E-state index contributed by atoms with van der Waals surface area (Å²) in [6, 6.07) is 0. The first-order valence-electron chi connectivity index (χ1n) is 11.9. The molecule has 0 aromatic rings. The van der Waals surface area contributed by atoms with Gasteiger partial charge in [-0.25, -0.2) is 0 Å². The second-order valence-electron chi connectivity index (χ2n) is 8.29. The van der Waals surface area contributed by atoms with Gasteiger partial charge in [-0.3, -0.25) is 4.79 Å². The van der Waals surface area contributed by atoms with Gasteiger partial charge in [0.05, 0.1) is 13.2 Å². The van der Waals surface area contributed by atoms with Gasteiger partial charge in [0.2, 0.25) is 0 Å². The Morgan fingerprint density at radius 3 is 1.47 bits per heavy atom. The number of ether oxygens (including phenoxy) is 1. The van der Waals surface area contributed by atoms with Crippen molar-refractivity contribution in [2.75, 3.05) is 13.2 Å². The van der Waals surface area contributed by atoms with Gasteiger partial charge in [-0.05, 0) is 6.42 Å². The van der Waals surface area contributed by atoms with Crippen LogP contribution in [0.1, 0.15) is 103 Å². The molecule has 0 rings (SSSR count). The number of esters is 1. The van der Waals surface area contributed by atoms with Gasteiger partial charge in [0.1, 0.15) is 18.3 Å². The Labute approximate surface area is 182 Å². The molecule has 0 heterocycles. The van der Waals surface area contributed by atoms with Gasteiger partial charge in [0.25, 0.3) is 0 Å². The van der Waals surface area contributed by atoms with Crippen LogP contribution in [0.15, 0.2) is 0 Å². The van der Waals surface area contributed by atoms with Crippen molar-refractivity contribution in [1.82, 2.24) is 0 Å². The fraction of sp³-hybridized carbons (Fsp3) is 0.957. The highest BCUT2D eigenvalue weighted by Crippen LogP contribution is 2.15. The van der Waals surface area contributed by atoms with Gasteiger partial charge >= 0.3 is 5.97 Å². The third kappa shape index (κ3) is 15.1. The van der Waals surface area contributed by atoms with Crippen LogP contribution in [0.25, 0.3) is 0 Å². The van der Waals surface area contributed by atoms with Crippen molar-refractivity contribution in [3.05, 3.63) is 0 Å². The van der Waals surface area contributed by atoms with Crippen molar-refractivity contribution < 1.29 is 35.1 Å². The zero-order valence-electron chi connectivity index (χ0n) is 18.9. The Bertz CT molecular complexity index is 392. The molecule has 0 aliphatic heterocycles. The normalized spacial score (nSPS) is 15.5. The average molecular weight is 435 g/mol. The molecule has 0 saturated carbocycles. The fourth-order valence-electron chi connectivity index (χ4n) is 3.48. The number of hydrogen-bond donors (Lipinski definition) is 5. The van der Waals surface area contributed by atoms with Crippen LogP contribution in [0.2, 0.25) is 0 Å². The molecule has 30 heavy (non-hydrogen) atoms. The zero-order chi connectivity index (χ0) is 22.6. The SMILES string of the molecule is CCCCCCCCCCCCCCCCC(=O)O[C@H]([C@@H](O)[C@@H](O)CO)[C@@H](O)CO. The van der Waals surface area contributed by atoms with Crippen molar-refractivity contribution >= 4 is 5.97 Å². The van der Waals surface area contributed by atoms with Crippen LogP contribution in [0.5, 0.6) is 0 Å². The quantitative estimate of drug-likeness (QED) is 0.139. The average Bonchev–Trinajstić information content (AvgIpc) is 2.76. The lowest BCUT2D eigenvalue weighted by Crippen LogP contribution is -2.49. The monoisotopic (exact) mass is 434 g/mol. The first kappa shape index (κ1) is 29.3. The Balaban J connectivity index is 3.72. The number of carbonyl (C=O) groups excluding carboxylic acids is 1. The molecule has 5 N–H and O–H groups in total. The minimum absolute atomic E-state index is 0.147. The number of hydrogen-bond acceptors (Lipinski definition) is 7. The van der Waals surface area contributed by atoms with Gasteiger partial charge < -0.3 is 30.3 Å². The highest BCUT2D eigenvalue weighted by Gasteiger charge is 2.34. The van der Waals surface area contributed by atoms with E-state index in [0.29, 0.717) is 6.42 Å². The van der Waals surface area contributed by atoms with Gasteiger partial charge in [0.15, 0.2) is 6.10 Å². The van der Waals surface area contributed by atoms with E-state index in [0.717, 1.165) is 19.3 Å². The van der Waals surface area contributed by atoms with Crippen LogP contribution in [-0.2, 0) is 9.53 Å². The smallest absolute Gasteiger partial charge is 0.306 e. The molecule has 0 aromatic heterocycles. The molecule has 0 radical (unpaired) electrons. The maximum Gasteiger partial charge on any atom is 0.306 e. The maximum atomic E-state index is 11.9. The van der Waals surface area contributed by atoms with E-state index in [4.69, 9.17) is 14.9 Å². The van der Waals surface area contributed by atoms with Gasteiger partial charge in [-0.2, -0.15) is 0 Å². The highest BCUT2D eigenvalue weighted by atomic mass is 16.6. The van der Waals surface area contributed by atoms with Crippen LogP contribution < -0.4 is 0 Å². The Kier molecular flexibility index (Phi) is 19.7. The Morgan fingerprint density at radius 1 is 0.667 bits per heavy atom. The Morgan fingerprint density at radius 2 is 1.07 bits per heavy atom. The van der Waals surface area contributed by atoms with E-state index < -0.39 is 43.6 Å². The van der Waals surface area contributed by atoms with Gasteiger partial charge in [-0.1, -0.05) is 90.4 Å². The van der Waals surface area contributed by atoms with Crippen molar-refractivity contribution in [3.63, 3.8) is 0 Å². The molecular formula is C23H46O7.